The Morgan fingerprint density at radius 3 is 2.60 bits per heavy atom. The van der Waals surface area contributed by atoms with Crippen molar-refractivity contribution in [1.29, 1.82) is 0 Å². The smallest absolute Gasteiger partial charge is 0.313 e. The fourth-order valence-corrected chi connectivity index (χ4v) is 2.22. The van der Waals surface area contributed by atoms with Gasteiger partial charge >= 0.3 is 11.8 Å². The highest BCUT2D eigenvalue weighted by atomic mass is 35.5. The van der Waals surface area contributed by atoms with Gasteiger partial charge in [0.2, 0.25) is 0 Å². The van der Waals surface area contributed by atoms with E-state index in [1.54, 1.807) is 24.3 Å². The molecule has 2 amide bonds. The highest BCUT2D eigenvalue weighted by Gasteiger charge is 2.33. The number of carbonyl (C=O) groups excluding carboxylic acids is 2. The lowest BCUT2D eigenvalue weighted by Gasteiger charge is -2.16. The van der Waals surface area contributed by atoms with E-state index in [0.717, 1.165) is 12.8 Å². The van der Waals surface area contributed by atoms with Gasteiger partial charge in [-0.3, -0.25) is 9.59 Å². The summed E-state index contributed by atoms with van der Waals surface area (Å²) in [5.74, 6) is -1.07. The molecule has 0 heterocycles. The number of hydrogen-bond acceptors (Lipinski definition) is 3. The standard InChI is InChI=1S/C14H17ClN2O3/c15-10-3-1-2-4-12(10)17-14(20)13(19)16-11(7-8-18)9-5-6-9/h1-4,9,11,18H,5-8H2,(H,16,19)(H,17,20). The Morgan fingerprint density at radius 2 is 2.00 bits per heavy atom. The zero-order valence-corrected chi connectivity index (χ0v) is 11.7. The predicted molar refractivity (Wildman–Crippen MR) is 76.4 cm³/mol. The van der Waals surface area contributed by atoms with Crippen LogP contribution in [-0.4, -0.2) is 29.6 Å². The number of rotatable bonds is 5. The van der Waals surface area contributed by atoms with Gasteiger partial charge in [0, 0.05) is 12.6 Å². The van der Waals surface area contributed by atoms with E-state index in [0.29, 0.717) is 23.0 Å². The first-order chi connectivity index (χ1) is 9.61. The normalized spacial score (nSPS) is 15.5. The molecule has 0 radical (unpaired) electrons. The molecule has 5 nitrogen and oxygen atoms in total. The van der Waals surface area contributed by atoms with Crippen molar-refractivity contribution in [2.75, 3.05) is 11.9 Å². The predicted octanol–water partition coefficient (Wildman–Crippen LogP) is 1.56. The molecule has 0 spiro atoms. The number of carbonyl (C=O) groups is 2. The molecule has 3 N–H and O–H groups in total. The molecule has 1 fully saturated rings. The first-order valence-electron chi connectivity index (χ1n) is 6.59. The van der Waals surface area contributed by atoms with E-state index < -0.39 is 11.8 Å². The van der Waals surface area contributed by atoms with Gasteiger partial charge in [0.15, 0.2) is 0 Å². The fraction of sp³-hybridized carbons (Fsp3) is 0.429. The summed E-state index contributed by atoms with van der Waals surface area (Å²) in [6.45, 7) is -0.00637. The molecule has 0 saturated heterocycles. The minimum atomic E-state index is -0.748. The number of para-hydroxylation sites is 1. The van der Waals surface area contributed by atoms with Gasteiger partial charge in [-0.15, -0.1) is 0 Å². The molecule has 0 aliphatic heterocycles. The Labute approximate surface area is 122 Å². The van der Waals surface area contributed by atoms with Crippen molar-refractivity contribution in [1.82, 2.24) is 5.32 Å². The second-order valence-corrected chi connectivity index (χ2v) is 5.27. The van der Waals surface area contributed by atoms with E-state index in [1.165, 1.54) is 0 Å². The summed E-state index contributed by atoms with van der Waals surface area (Å²) in [6.07, 6.45) is 2.52. The Balaban J connectivity index is 1.91. The van der Waals surface area contributed by atoms with Gasteiger partial charge in [0.1, 0.15) is 0 Å². The molecule has 1 unspecified atom stereocenters. The minimum Gasteiger partial charge on any atom is -0.396 e. The van der Waals surface area contributed by atoms with Crippen LogP contribution in [0.25, 0.3) is 0 Å². The first-order valence-corrected chi connectivity index (χ1v) is 6.97. The summed E-state index contributed by atoms with van der Waals surface area (Å²) in [5.41, 5.74) is 0.402. The van der Waals surface area contributed by atoms with E-state index in [2.05, 4.69) is 10.6 Å². The van der Waals surface area contributed by atoms with Gasteiger partial charge in [0.25, 0.3) is 0 Å². The number of benzene rings is 1. The molecule has 108 valence electrons. The van der Waals surface area contributed by atoms with Crippen LogP contribution in [0, 0.1) is 5.92 Å². The van der Waals surface area contributed by atoms with Crippen LogP contribution in [0.3, 0.4) is 0 Å². The van der Waals surface area contributed by atoms with E-state index in [1.807, 2.05) is 0 Å². The zero-order chi connectivity index (χ0) is 14.5. The molecule has 2 rings (SSSR count). The SMILES string of the molecule is O=C(Nc1ccccc1Cl)C(=O)NC(CCO)C1CC1. The van der Waals surface area contributed by atoms with E-state index in [4.69, 9.17) is 16.7 Å². The number of aliphatic hydroxyl groups is 1. The van der Waals surface area contributed by atoms with Crippen LogP contribution in [0.4, 0.5) is 5.69 Å². The first kappa shape index (κ1) is 14.8. The van der Waals surface area contributed by atoms with E-state index >= 15 is 0 Å². The number of aliphatic hydroxyl groups excluding tert-OH is 1. The maximum Gasteiger partial charge on any atom is 0.313 e. The maximum atomic E-state index is 11.8. The number of anilines is 1. The second-order valence-electron chi connectivity index (χ2n) is 4.86. The number of hydrogen-bond donors (Lipinski definition) is 3. The van der Waals surface area contributed by atoms with Crippen LogP contribution in [0.5, 0.6) is 0 Å². The van der Waals surface area contributed by atoms with E-state index in [-0.39, 0.29) is 12.6 Å². The number of amides is 2. The Morgan fingerprint density at radius 1 is 1.30 bits per heavy atom. The van der Waals surface area contributed by atoms with Crippen LogP contribution >= 0.6 is 11.6 Å². The lowest BCUT2D eigenvalue weighted by Crippen LogP contribution is -2.43. The van der Waals surface area contributed by atoms with Crippen molar-refractivity contribution in [3.05, 3.63) is 29.3 Å². The molecular weight excluding hydrogens is 280 g/mol. The average molecular weight is 297 g/mol. The molecule has 0 aromatic heterocycles. The average Bonchev–Trinajstić information content (AvgIpc) is 3.25. The van der Waals surface area contributed by atoms with Gasteiger partial charge in [-0.25, -0.2) is 0 Å². The molecule has 1 atom stereocenters. The minimum absolute atomic E-state index is 0.00637. The van der Waals surface area contributed by atoms with Crippen molar-refractivity contribution in [2.24, 2.45) is 5.92 Å². The van der Waals surface area contributed by atoms with Crippen LogP contribution < -0.4 is 10.6 Å². The lowest BCUT2D eigenvalue weighted by atomic mass is 10.1. The van der Waals surface area contributed by atoms with Crippen LogP contribution in [0.15, 0.2) is 24.3 Å². The van der Waals surface area contributed by atoms with E-state index in [9.17, 15) is 9.59 Å². The molecular formula is C14H17ClN2O3. The molecule has 0 bridgehead atoms. The summed E-state index contributed by atoms with van der Waals surface area (Å²) >= 11 is 5.91. The third kappa shape index (κ3) is 3.95. The fourth-order valence-electron chi connectivity index (χ4n) is 2.04. The van der Waals surface area contributed by atoms with Gasteiger partial charge in [-0.1, -0.05) is 23.7 Å². The van der Waals surface area contributed by atoms with Crippen molar-refractivity contribution in [3.8, 4) is 0 Å². The van der Waals surface area contributed by atoms with Crippen molar-refractivity contribution in [2.45, 2.75) is 25.3 Å². The molecule has 1 aromatic rings. The molecule has 1 aromatic carbocycles. The van der Waals surface area contributed by atoms with Crippen LogP contribution in [0.1, 0.15) is 19.3 Å². The summed E-state index contributed by atoms with van der Waals surface area (Å²) in [6, 6.07) is 6.58. The van der Waals surface area contributed by atoms with Gasteiger partial charge in [0.05, 0.1) is 10.7 Å². The monoisotopic (exact) mass is 296 g/mol. The highest BCUT2D eigenvalue weighted by Crippen LogP contribution is 2.33. The van der Waals surface area contributed by atoms with Gasteiger partial charge < -0.3 is 15.7 Å². The molecule has 1 aliphatic carbocycles. The summed E-state index contributed by atoms with van der Waals surface area (Å²) in [4.78, 5) is 23.6. The summed E-state index contributed by atoms with van der Waals surface area (Å²) in [5, 5.41) is 14.5. The largest absolute Gasteiger partial charge is 0.396 e. The Bertz CT molecular complexity index is 503. The van der Waals surface area contributed by atoms with Crippen LogP contribution in [0.2, 0.25) is 5.02 Å². The van der Waals surface area contributed by atoms with Crippen molar-refractivity contribution in [3.63, 3.8) is 0 Å². The Kier molecular flexibility index (Phi) is 4.98. The van der Waals surface area contributed by atoms with Gasteiger partial charge in [-0.2, -0.15) is 0 Å². The van der Waals surface area contributed by atoms with Gasteiger partial charge in [-0.05, 0) is 37.3 Å². The lowest BCUT2D eigenvalue weighted by molar-refractivity contribution is -0.136. The maximum absolute atomic E-state index is 11.8. The highest BCUT2D eigenvalue weighted by molar-refractivity contribution is 6.41. The number of halogens is 1. The van der Waals surface area contributed by atoms with Crippen LogP contribution in [-0.2, 0) is 9.59 Å². The molecule has 1 aliphatic rings. The zero-order valence-electron chi connectivity index (χ0n) is 10.9. The molecule has 1 saturated carbocycles. The summed E-state index contributed by atoms with van der Waals surface area (Å²) in [7, 11) is 0. The molecule has 6 heteroatoms. The topological polar surface area (TPSA) is 78.4 Å². The summed E-state index contributed by atoms with van der Waals surface area (Å²) < 4.78 is 0. The third-order valence-corrected chi connectivity index (χ3v) is 3.61. The van der Waals surface area contributed by atoms with Crippen molar-refractivity contribution >= 4 is 29.1 Å². The number of nitrogens with one attached hydrogen (secondary N) is 2. The van der Waals surface area contributed by atoms with Crippen molar-refractivity contribution < 1.29 is 14.7 Å². The quantitative estimate of drug-likeness (QED) is 0.722. The second kappa shape index (κ2) is 6.72. The Hall–Kier alpha value is -1.59. The third-order valence-electron chi connectivity index (χ3n) is 3.28. The molecule has 20 heavy (non-hydrogen) atoms.